The van der Waals surface area contributed by atoms with Crippen molar-refractivity contribution in [1.29, 1.82) is 0 Å². The molecule has 0 fully saturated rings. The van der Waals surface area contributed by atoms with E-state index in [0.29, 0.717) is 6.17 Å². The molecule has 0 spiro atoms. The maximum absolute atomic E-state index is 4.15. The Morgan fingerprint density at radius 3 is 2.92 bits per heavy atom. The van der Waals surface area contributed by atoms with Gasteiger partial charge in [-0.1, -0.05) is 0 Å². The number of nitrogens with zero attached hydrogens (tertiary/aromatic N) is 1. The highest BCUT2D eigenvalue weighted by Gasteiger charge is 2.16. The molecule has 4 heteroatoms. The third kappa shape index (κ3) is 0.986. The molecule has 3 nitrogen and oxygen atoms in total. The van der Waals surface area contributed by atoms with E-state index < -0.39 is 0 Å². The maximum Gasteiger partial charge on any atom is 0.0935 e. The lowest BCUT2D eigenvalue weighted by molar-refractivity contribution is 0.956. The van der Waals surface area contributed by atoms with Gasteiger partial charge in [0.25, 0.3) is 0 Å². The van der Waals surface area contributed by atoms with E-state index in [1.807, 2.05) is 6.20 Å². The third-order valence-corrected chi connectivity index (χ3v) is 3.00. The molecule has 3 rings (SSSR count). The molecule has 1 unspecified atom stereocenters. The summed E-state index contributed by atoms with van der Waals surface area (Å²) in [6.07, 6.45) is 2.24. The molecule has 1 aromatic carbocycles. The van der Waals surface area contributed by atoms with Gasteiger partial charge < -0.3 is 10.6 Å². The quantitative estimate of drug-likeness (QED) is 0.671. The summed E-state index contributed by atoms with van der Waals surface area (Å²) in [6.45, 7) is 2.10. The molecule has 2 N–H and O–H groups in total. The van der Waals surface area contributed by atoms with Gasteiger partial charge in [0.2, 0.25) is 0 Å². The van der Waals surface area contributed by atoms with Gasteiger partial charge in [-0.3, -0.25) is 0 Å². The second kappa shape index (κ2) is 2.35. The molecule has 2 aromatic rings. The van der Waals surface area contributed by atoms with Crippen molar-refractivity contribution in [3.8, 4) is 0 Å². The number of rotatable bonds is 0. The smallest absolute Gasteiger partial charge is 0.0935 e. The highest BCUT2D eigenvalue weighted by molar-refractivity contribution is 7.13. The van der Waals surface area contributed by atoms with Crippen molar-refractivity contribution in [3.05, 3.63) is 18.3 Å². The van der Waals surface area contributed by atoms with E-state index in [9.17, 15) is 0 Å². The lowest BCUT2D eigenvalue weighted by Crippen LogP contribution is -2.16. The fourth-order valence-electron chi connectivity index (χ4n) is 1.66. The summed E-state index contributed by atoms with van der Waals surface area (Å²) >= 11 is 1.54. The van der Waals surface area contributed by atoms with Gasteiger partial charge in [-0.05, 0) is 30.6 Å². The number of nitrogens with one attached hydrogen (secondary N) is 2. The minimum Gasteiger partial charge on any atom is -0.364 e. The normalized spacial score (nSPS) is 19.6. The van der Waals surface area contributed by atoms with Crippen molar-refractivity contribution in [2.75, 3.05) is 10.6 Å². The summed E-state index contributed by atoms with van der Waals surface area (Å²) in [5.41, 5.74) is 2.37. The first-order chi connectivity index (χ1) is 6.33. The van der Waals surface area contributed by atoms with Gasteiger partial charge >= 0.3 is 0 Å². The van der Waals surface area contributed by atoms with E-state index in [0.717, 1.165) is 0 Å². The second-order valence-electron chi connectivity index (χ2n) is 3.27. The molecule has 0 amide bonds. The van der Waals surface area contributed by atoms with Crippen LogP contribution in [0.5, 0.6) is 0 Å². The fraction of sp³-hybridized carbons (Fsp3) is 0.222. The first-order valence-corrected chi connectivity index (χ1v) is 5.02. The fourth-order valence-corrected chi connectivity index (χ4v) is 2.33. The van der Waals surface area contributed by atoms with Crippen LogP contribution in [-0.2, 0) is 0 Å². The predicted octanol–water partition coefficient (Wildman–Crippen LogP) is 2.48. The molecule has 0 radical (unpaired) electrons. The van der Waals surface area contributed by atoms with E-state index >= 15 is 0 Å². The molecular weight excluding hydrogens is 182 g/mol. The molecule has 13 heavy (non-hydrogen) atoms. The molecule has 0 saturated heterocycles. The summed E-state index contributed by atoms with van der Waals surface area (Å²) in [6, 6.07) is 4.30. The van der Waals surface area contributed by atoms with Crippen LogP contribution < -0.4 is 10.6 Å². The van der Waals surface area contributed by atoms with Crippen molar-refractivity contribution in [2.24, 2.45) is 0 Å². The SMILES string of the molecule is CC1Nc2cc3cnsc3cc2N1. The summed E-state index contributed by atoms with van der Waals surface area (Å²) in [7, 11) is 0. The van der Waals surface area contributed by atoms with Crippen LogP contribution in [0, 0.1) is 0 Å². The zero-order valence-electron chi connectivity index (χ0n) is 7.16. The predicted molar refractivity (Wildman–Crippen MR) is 56.3 cm³/mol. The Morgan fingerprint density at radius 2 is 2.08 bits per heavy atom. The zero-order valence-corrected chi connectivity index (χ0v) is 7.98. The van der Waals surface area contributed by atoms with Crippen LogP contribution in [0.2, 0.25) is 0 Å². The Hall–Kier alpha value is -1.29. The van der Waals surface area contributed by atoms with Crippen LogP contribution in [0.3, 0.4) is 0 Å². The standard InChI is InChI=1S/C9H9N3S/c1-5-11-7-2-6-4-10-13-9(6)3-8(7)12-5/h2-5,11-12H,1H3. The second-order valence-corrected chi connectivity index (χ2v) is 4.10. The van der Waals surface area contributed by atoms with Crippen LogP contribution in [0.4, 0.5) is 11.4 Å². The lowest BCUT2D eigenvalue weighted by atomic mass is 10.2. The minimum atomic E-state index is 0.333. The lowest BCUT2D eigenvalue weighted by Gasteiger charge is -2.01. The molecular formula is C9H9N3S. The Labute approximate surface area is 79.9 Å². The maximum atomic E-state index is 4.15. The summed E-state index contributed by atoms with van der Waals surface area (Å²) in [5, 5.41) is 7.91. The van der Waals surface area contributed by atoms with E-state index in [-0.39, 0.29) is 0 Å². The highest BCUT2D eigenvalue weighted by Crippen LogP contribution is 2.34. The van der Waals surface area contributed by atoms with Gasteiger partial charge in [0.1, 0.15) is 0 Å². The zero-order chi connectivity index (χ0) is 8.84. The number of fused-ring (bicyclic) bond motifs is 2. The average Bonchev–Trinajstić information content (AvgIpc) is 2.63. The molecule has 1 aromatic heterocycles. The summed E-state index contributed by atoms with van der Waals surface area (Å²) in [5.74, 6) is 0. The van der Waals surface area contributed by atoms with Crippen LogP contribution in [-0.4, -0.2) is 10.5 Å². The van der Waals surface area contributed by atoms with Gasteiger partial charge in [-0.25, -0.2) is 0 Å². The minimum absolute atomic E-state index is 0.333. The topological polar surface area (TPSA) is 37.0 Å². The van der Waals surface area contributed by atoms with Crippen LogP contribution in [0.25, 0.3) is 10.1 Å². The Bertz CT molecular complexity index is 423. The van der Waals surface area contributed by atoms with Gasteiger partial charge in [0.15, 0.2) is 0 Å². The van der Waals surface area contributed by atoms with Crippen LogP contribution in [0.1, 0.15) is 6.92 Å². The Morgan fingerprint density at radius 1 is 1.31 bits per heavy atom. The van der Waals surface area contributed by atoms with Gasteiger partial charge in [-0.15, -0.1) is 0 Å². The summed E-state index contributed by atoms with van der Waals surface area (Å²) in [4.78, 5) is 0. The van der Waals surface area contributed by atoms with E-state index in [4.69, 9.17) is 0 Å². The van der Waals surface area contributed by atoms with Crippen molar-refractivity contribution in [1.82, 2.24) is 4.37 Å². The first kappa shape index (κ1) is 7.15. The molecule has 1 aliphatic rings. The van der Waals surface area contributed by atoms with Gasteiger partial charge in [0, 0.05) is 11.6 Å². The van der Waals surface area contributed by atoms with Crippen molar-refractivity contribution < 1.29 is 0 Å². The van der Waals surface area contributed by atoms with Crippen molar-refractivity contribution in [2.45, 2.75) is 13.1 Å². The number of aromatic nitrogens is 1. The molecule has 2 heterocycles. The van der Waals surface area contributed by atoms with Crippen molar-refractivity contribution >= 4 is 33.0 Å². The van der Waals surface area contributed by atoms with E-state index in [2.05, 4.69) is 34.1 Å². The monoisotopic (exact) mass is 191 g/mol. The molecule has 0 saturated carbocycles. The third-order valence-electron chi connectivity index (χ3n) is 2.24. The molecule has 0 bridgehead atoms. The first-order valence-electron chi connectivity index (χ1n) is 4.24. The molecule has 1 atom stereocenters. The number of anilines is 2. The van der Waals surface area contributed by atoms with Crippen molar-refractivity contribution in [3.63, 3.8) is 0 Å². The largest absolute Gasteiger partial charge is 0.364 e. The number of hydrogen-bond donors (Lipinski definition) is 2. The molecule has 1 aliphatic heterocycles. The summed E-state index contributed by atoms with van der Waals surface area (Å²) < 4.78 is 5.39. The van der Waals surface area contributed by atoms with E-state index in [1.54, 1.807) is 0 Å². The van der Waals surface area contributed by atoms with Gasteiger partial charge in [0.05, 0.1) is 22.2 Å². The number of hydrogen-bond acceptors (Lipinski definition) is 4. The Balaban J connectivity index is 2.27. The van der Waals surface area contributed by atoms with E-state index in [1.165, 1.54) is 33.0 Å². The Kier molecular flexibility index (Phi) is 1.29. The molecule has 66 valence electrons. The van der Waals surface area contributed by atoms with Crippen LogP contribution >= 0.6 is 11.5 Å². The molecule has 0 aliphatic carbocycles. The highest BCUT2D eigenvalue weighted by atomic mass is 32.1. The average molecular weight is 191 g/mol. The van der Waals surface area contributed by atoms with Crippen LogP contribution in [0.15, 0.2) is 18.3 Å². The van der Waals surface area contributed by atoms with Gasteiger partial charge in [-0.2, -0.15) is 4.37 Å². The number of benzene rings is 1.